The third-order valence-corrected chi connectivity index (χ3v) is 4.11. The van der Waals surface area contributed by atoms with Crippen LogP contribution in [0.3, 0.4) is 0 Å². The molecule has 0 bridgehead atoms. The summed E-state index contributed by atoms with van der Waals surface area (Å²) in [5.41, 5.74) is 8.87. The van der Waals surface area contributed by atoms with Gasteiger partial charge in [-0.2, -0.15) is 0 Å². The van der Waals surface area contributed by atoms with Crippen LogP contribution in [0, 0.1) is 6.92 Å². The van der Waals surface area contributed by atoms with Gasteiger partial charge in [-0.1, -0.05) is 18.2 Å². The number of ether oxygens (including phenoxy) is 1. The van der Waals surface area contributed by atoms with Crippen LogP contribution in [-0.2, 0) is 4.74 Å². The predicted octanol–water partition coefficient (Wildman–Crippen LogP) is 1.85. The van der Waals surface area contributed by atoms with Crippen LogP contribution in [0.2, 0.25) is 0 Å². The van der Waals surface area contributed by atoms with Crippen molar-refractivity contribution < 1.29 is 4.74 Å². The van der Waals surface area contributed by atoms with E-state index in [0.29, 0.717) is 17.3 Å². The van der Waals surface area contributed by atoms with E-state index >= 15 is 0 Å². The van der Waals surface area contributed by atoms with Gasteiger partial charge in [0.05, 0.1) is 13.2 Å². The molecule has 1 saturated heterocycles. The Morgan fingerprint density at radius 3 is 2.71 bits per heavy atom. The third kappa shape index (κ3) is 4.12. The molecule has 1 aromatic carbocycles. The molecule has 1 aliphatic rings. The number of aryl methyl sites for hydroxylation is 1. The minimum Gasteiger partial charge on any atom is -0.393 e. The molecule has 3 rings (SSSR count). The Labute approximate surface area is 142 Å². The van der Waals surface area contributed by atoms with E-state index in [1.54, 1.807) is 0 Å². The summed E-state index contributed by atoms with van der Waals surface area (Å²) in [4.78, 5) is 10.9. The summed E-state index contributed by atoms with van der Waals surface area (Å²) in [6.45, 7) is 7.32. The molecule has 4 N–H and O–H groups in total. The first-order valence-electron chi connectivity index (χ1n) is 8.21. The van der Waals surface area contributed by atoms with Gasteiger partial charge in [0, 0.05) is 31.9 Å². The molecule has 0 atom stereocenters. The van der Waals surface area contributed by atoms with Crippen molar-refractivity contribution in [3.8, 4) is 0 Å². The van der Waals surface area contributed by atoms with Crippen molar-refractivity contribution in [3.05, 3.63) is 36.2 Å². The fraction of sp³-hybridized carbons (Fsp3) is 0.412. The second-order valence-corrected chi connectivity index (χ2v) is 5.81. The van der Waals surface area contributed by atoms with Crippen LogP contribution >= 0.6 is 0 Å². The molecule has 1 aliphatic heterocycles. The molecule has 2 heterocycles. The number of aromatic nitrogens is 2. The van der Waals surface area contributed by atoms with E-state index in [2.05, 4.69) is 25.5 Å². The van der Waals surface area contributed by atoms with Gasteiger partial charge in [-0.15, -0.1) is 0 Å². The number of nitrogens with one attached hydrogen (secondary N) is 2. The van der Waals surface area contributed by atoms with Gasteiger partial charge >= 0.3 is 0 Å². The molecule has 0 radical (unpaired) electrons. The van der Waals surface area contributed by atoms with E-state index < -0.39 is 0 Å². The summed E-state index contributed by atoms with van der Waals surface area (Å²) in [7, 11) is 0. The molecular weight excluding hydrogens is 304 g/mol. The Morgan fingerprint density at radius 1 is 1.17 bits per heavy atom. The fourth-order valence-electron chi connectivity index (χ4n) is 2.63. The summed E-state index contributed by atoms with van der Waals surface area (Å²) < 4.78 is 5.35. The van der Waals surface area contributed by atoms with Crippen LogP contribution in [0.5, 0.6) is 0 Å². The summed E-state index contributed by atoms with van der Waals surface area (Å²) in [5.74, 6) is 1.28. The van der Waals surface area contributed by atoms with Crippen LogP contribution in [0.4, 0.5) is 23.0 Å². The van der Waals surface area contributed by atoms with Crippen molar-refractivity contribution in [3.63, 3.8) is 0 Å². The quantitative estimate of drug-likeness (QED) is 0.746. The van der Waals surface area contributed by atoms with Gasteiger partial charge < -0.3 is 21.1 Å². The van der Waals surface area contributed by atoms with E-state index in [1.807, 2.05) is 31.2 Å². The molecule has 0 amide bonds. The van der Waals surface area contributed by atoms with Gasteiger partial charge in [0.2, 0.25) is 0 Å². The maximum atomic E-state index is 6.22. The normalized spacial score (nSPS) is 15.2. The molecule has 0 unspecified atom stereocenters. The van der Waals surface area contributed by atoms with Crippen molar-refractivity contribution in [2.75, 3.05) is 55.8 Å². The Kier molecular flexibility index (Phi) is 5.45. The number of hydrogen-bond acceptors (Lipinski definition) is 7. The highest BCUT2D eigenvalue weighted by Crippen LogP contribution is 2.26. The lowest BCUT2D eigenvalue weighted by molar-refractivity contribution is 0.0398. The molecule has 7 heteroatoms. The molecule has 24 heavy (non-hydrogen) atoms. The standard InChI is InChI=1S/C17H24N6O/c1-13-4-2-3-5-14(13)22-17-15(18)16(20-12-21-17)19-6-7-23-8-10-24-11-9-23/h2-5,12H,6-11,18H2,1H3,(H2,19,20,21,22). The first-order valence-corrected chi connectivity index (χ1v) is 8.21. The maximum Gasteiger partial charge on any atom is 0.159 e. The number of benzene rings is 1. The highest BCUT2D eigenvalue weighted by atomic mass is 16.5. The van der Waals surface area contributed by atoms with Gasteiger partial charge in [0.15, 0.2) is 11.6 Å². The number of hydrogen-bond donors (Lipinski definition) is 3. The Balaban J connectivity index is 1.61. The number of nitrogens with zero attached hydrogens (tertiary/aromatic N) is 3. The number of morpholine rings is 1. The topological polar surface area (TPSA) is 88.3 Å². The highest BCUT2D eigenvalue weighted by molar-refractivity contribution is 5.78. The number of nitrogen functional groups attached to an aromatic ring is 1. The largest absolute Gasteiger partial charge is 0.393 e. The maximum absolute atomic E-state index is 6.22. The van der Waals surface area contributed by atoms with Crippen LogP contribution in [0.1, 0.15) is 5.56 Å². The van der Waals surface area contributed by atoms with E-state index in [9.17, 15) is 0 Å². The number of para-hydroxylation sites is 1. The average molecular weight is 328 g/mol. The van der Waals surface area contributed by atoms with Crippen LogP contribution < -0.4 is 16.4 Å². The van der Waals surface area contributed by atoms with Gasteiger partial charge in [-0.25, -0.2) is 9.97 Å². The van der Waals surface area contributed by atoms with E-state index in [-0.39, 0.29) is 0 Å². The zero-order valence-corrected chi connectivity index (χ0v) is 14.0. The summed E-state index contributed by atoms with van der Waals surface area (Å²) in [6, 6.07) is 8.03. The summed E-state index contributed by atoms with van der Waals surface area (Å²) in [6.07, 6.45) is 1.52. The molecule has 7 nitrogen and oxygen atoms in total. The first kappa shape index (κ1) is 16.5. The minimum absolute atomic E-state index is 0.530. The van der Waals surface area contributed by atoms with Gasteiger partial charge in [0.25, 0.3) is 0 Å². The summed E-state index contributed by atoms with van der Waals surface area (Å²) in [5, 5.41) is 6.58. The minimum atomic E-state index is 0.530. The molecule has 1 fully saturated rings. The van der Waals surface area contributed by atoms with Crippen molar-refractivity contribution in [2.24, 2.45) is 0 Å². The Hall–Kier alpha value is -2.38. The van der Waals surface area contributed by atoms with Crippen molar-refractivity contribution >= 4 is 23.0 Å². The second-order valence-electron chi connectivity index (χ2n) is 5.81. The Bertz CT molecular complexity index is 672. The van der Waals surface area contributed by atoms with E-state index in [0.717, 1.165) is 50.6 Å². The lowest BCUT2D eigenvalue weighted by Gasteiger charge is -2.26. The van der Waals surface area contributed by atoms with Crippen LogP contribution in [-0.4, -0.2) is 54.3 Å². The van der Waals surface area contributed by atoms with Crippen LogP contribution in [0.15, 0.2) is 30.6 Å². The molecular formula is C17H24N6O. The molecule has 0 spiro atoms. The number of rotatable bonds is 6. The smallest absolute Gasteiger partial charge is 0.159 e. The van der Waals surface area contributed by atoms with Crippen LogP contribution in [0.25, 0.3) is 0 Å². The zero-order valence-electron chi connectivity index (χ0n) is 14.0. The van der Waals surface area contributed by atoms with Crippen molar-refractivity contribution in [2.45, 2.75) is 6.92 Å². The lowest BCUT2D eigenvalue weighted by atomic mass is 10.2. The molecule has 2 aromatic rings. The molecule has 0 aliphatic carbocycles. The van der Waals surface area contributed by atoms with Gasteiger partial charge in [0.1, 0.15) is 12.0 Å². The lowest BCUT2D eigenvalue weighted by Crippen LogP contribution is -2.39. The second kappa shape index (κ2) is 7.94. The molecule has 0 saturated carbocycles. The van der Waals surface area contributed by atoms with Crippen molar-refractivity contribution in [1.29, 1.82) is 0 Å². The van der Waals surface area contributed by atoms with Gasteiger partial charge in [-0.3, -0.25) is 4.90 Å². The zero-order chi connectivity index (χ0) is 16.8. The highest BCUT2D eigenvalue weighted by Gasteiger charge is 2.12. The monoisotopic (exact) mass is 328 g/mol. The van der Waals surface area contributed by atoms with E-state index in [1.165, 1.54) is 6.33 Å². The fourth-order valence-corrected chi connectivity index (χ4v) is 2.63. The number of nitrogens with two attached hydrogens (primary N) is 1. The molecule has 128 valence electrons. The summed E-state index contributed by atoms with van der Waals surface area (Å²) >= 11 is 0. The first-order chi connectivity index (χ1) is 11.7. The predicted molar refractivity (Wildman–Crippen MR) is 96.7 cm³/mol. The number of anilines is 4. The third-order valence-electron chi connectivity index (χ3n) is 4.11. The molecule has 1 aromatic heterocycles. The van der Waals surface area contributed by atoms with Crippen molar-refractivity contribution in [1.82, 2.24) is 14.9 Å². The van der Waals surface area contributed by atoms with Gasteiger partial charge in [-0.05, 0) is 18.6 Å². The average Bonchev–Trinajstić information content (AvgIpc) is 2.61. The Morgan fingerprint density at radius 2 is 1.92 bits per heavy atom. The SMILES string of the molecule is Cc1ccccc1Nc1ncnc(NCCN2CCOCC2)c1N. The van der Waals surface area contributed by atoms with E-state index in [4.69, 9.17) is 10.5 Å².